The number of benzene rings is 1. The molecule has 1 nitrogen and oxygen atoms in total. The van der Waals surface area contributed by atoms with E-state index in [0.717, 1.165) is 23.0 Å². The Morgan fingerprint density at radius 3 is 2.81 bits per heavy atom. The molecule has 2 unspecified atom stereocenters. The molecule has 1 aliphatic carbocycles. The third-order valence-electron chi connectivity index (χ3n) is 4.90. The lowest BCUT2D eigenvalue weighted by molar-refractivity contribution is 0.0967. The highest BCUT2D eigenvalue weighted by Gasteiger charge is 2.38. The first kappa shape index (κ1) is 17.0. The van der Waals surface area contributed by atoms with E-state index >= 15 is 0 Å². The summed E-state index contributed by atoms with van der Waals surface area (Å²) in [5, 5.41) is 3.62. The van der Waals surface area contributed by atoms with E-state index in [1.54, 1.807) is 12.1 Å². The first-order valence-electron chi connectivity index (χ1n) is 8.14. The standard InChI is InChI=1S/C18H27BrFN/c1-4-11-21-17(14-12-13(19)8-9-16(14)20)15-7-5-6-10-18(15,2)3/h8-9,12,15,17,21H,4-7,10-11H2,1-3H3. The van der Waals surface area contributed by atoms with Gasteiger partial charge in [0.2, 0.25) is 0 Å². The van der Waals surface area contributed by atoms with Crippen molar-refractivity contribution in [1.29, 1.82) is 0 Å². The van der Waals surface area contributed by atoms with Crippen molar-refractivity contribution in [3.63, 3.8) is 0 Å². The Labute approximate surface area is 136 Å². The fraction of sp³-hybridized carbons (Fsp3) is 0.667. The van der Waals surface area contributed by atoms with Crippen LogP contribution in [0.5, 0.6) is 0 Å². The van der Waals surface area contributed by atoms with Crippen LogP contribution >= 0.6 is 15.9 Å². The molecular formula is C18H27BrFN. The van der Waals surface area contributed by atoms with E-state index in [1.165, 1.54) is 25.7 Å². The van der Waals surface area contributed by atoms with Crippen molar-refractivity contribution in [3.05, 3.63) is 34.1 Å². The summed E-state index contributed by atoms with van der Waals surface area (Å²) in [6.45, 7) is 7.78. The van der Waals surface area contributed by atoms with E-state index in [-0.39, 0.29) is 17.3 Å². The average Bonchev–Trinajstić information content (AvgIpc) is 2.44. The van der Waals surface area contributed by atoms with Gasteiger partial charge in [0.15, 0.2) is 0 Å². The molecule has 0 aliphatic heterocycles. The Balaban J connectivity index is 2.35. The average molecular weight is 356 g/mol. The first-order valence-corrected chi connectivity index (χ1v) is 8.93. The highest BCUT2D eigenvalue weighted by atomic mass is 79.9. The maximum Gasteiger partial charge on any atom is 0.128 e. The van der Waals surface area contributed by atoms with Gasteiger partial charge in [0, 0.05) is 16.1 Å². The van der Waals surface area contributed by atoms with Crippen LogP contribution in [0.15, 0.2) is 22.7 Å². The Kier molecular flexibility index (Phi) is 5.84. The molecule has 1 fully saturated rings. The van der Waals surface area contributed by atoms with E-state index in [1.807, 2.05) is 6.07 Å². The van der Waals surface area contributed by atoms with Crippen LogP contribution in [0.4, 0.5) is 4.39 Å². The van der Waals surface area contributed by atoms with Crippen LogP contribution in [0.2, 0.25) is 0 Å². The quantitative estimate of drug-likeness (QED) is 0.698. The molecule has 0 radical (unpaired) electrons. The summed E-state index contributed by atoms with van der Waals surface area (Å²) in [4.78, 5) is 0. The van der Waals surface area contributed by atoms with Crippen LogP contribution in [-0.4, -0.2) is 6.54 Å². The second-order valence-corrected chi connectivity index (χ2v) is 7.85. The minimum absolute atomic E-state index is 0.0897. The summed E-state index contributed by atoms with van der Waals surface area (Å²) in [5.74, 6) is 0.398. The molecule has 1 aromatic rings. The lowest BCUT2D eigenvalue weighted by atomic mass is 9.64. The lowest BCUT2D eigenvalue weighted by Crippen LogP contribution is -2.39. The summed E-state index contributed by atoms with van der Waals surface area (Å²) in [6, 6.07) is 5.42. The van der Waals surface area contributed by atoms with Gasteiger partial charge in [-0.3, -0.25) is 0 Å². The van der Waals surface area contributed by atoms with Crippen LogP contribution in [0.3, 0.4) is 0 Å². The molecule has 0 bridgehead atoms. The van der Waals surface area contributed by atoms with Gasteiger partial charge in [0.1, 0.15) is 5.82 Å². The largest absolute Gasteiger partial charge is 0.310 e. The fourth-order valence-corrected chi connectivity index (χ4v) is 4.04. The van der Waals surface area contributed by atoms with Crippen LogP contribution in [0, 0.1) is 17.2 Å². The maximum atomic E-state index is 14.4. The van der Waals surface area contributed by atoms with Crippen LogP contribution in [0.25, 0.3) is 0 Å². The van der Waals surface area contributed by atoms with E-state index in [0.29, 0.717) is 5.92 Å². The molecule has 0 spiro atoms. The smallest absolute Gasteiger partial charge is 0.128 e. The zero-order chi connectivity index (χ0) is 15.5. The van der Waals surface area contributed by atoms with E-state index in [9.17, 15) is 4.39 Å². The van der Waals surface area contributed by atoms with E-state index < -0.39 is 0 Å². The molecule has 3 heteroatoms. The Morgan fingerprint density at radius 1 is 1.38 bits per heavy atom. The summed E-state index contributed by atoms with van der Waals surface area (Å²) >= 11 is 3.49. The molecule has 0 amide bonds. The van der Waals surface area contributed by atoms with Gasteiger partial charge >= 0.3 is 0 Å². The van der Waals surface area contributed by atoms with Gasteiger partial charge in [-0.05, 0) is 55.3 Å². The third-order valence-corrected chi connectivity index (χ3v) is 5.39. The van der Waals surface area contributed by atoms with Gasteiger partial charge in [0.05, 0.1) is 0 Å². The number of hydrogen-bond acceptors (Lipinski definition) is 1. The summed E-state index contributed by atoms with van der Waals surface area (Å²) < 4.78 is 15.3. The van der Waals surface area contributed by atoms with Crippen LogP contribution in [0.1, 0.15) is 64.5 Å². The summed E-state index contributed by atoms with van der Waals surface area (Å²) in [5.41, 5.74) is 1.08. The van der Waals surface area contributed by atoms with Crippen molar-refractivity contribution in [2.24, 2.45) is 11.3 Å². The highest BCUT2D eigenvalue weighted by Crippen LogP contribution is 2.47. The molecule has 1 saturated carbocycles. The highest BCUT2D eigenvalue weighted by molar-refractivity contribution is 9.10. The summed E-state index contributed by atoms with van der Waals surface area (Å²) in [7, 11) is 0. The van der Waals surface area contributed by atoms with Gasteiger partial charge in [-0.15, -0.1) is 0 Å². The predicted molar refractivity (Wildman–Crippen MR) is 90.9 cm³/mol. The van der Waals surface area contributed by atoms with Crippen molar-refractivity contribution in [3.8, 4) is 0 Å². The Hall–Kier alpha value is -0.410. The van der Waals surface area contributed by atoms with Gasteiger partial charge in [-0.2, -0.15) is 0 Å². The van der Waals surface area contributed by atoms with Crippen LogP contribution < -0.4 is 5.32 Å². The lowest BCUT2D eigenvalue weighted by Gasteiger charge is -2.44. The van der Waals surface area contributed by atoms with Gasteiger partial charge in [-0.25, -0.2) is 4.39 Å². The fourth-order valence-electron chi connectivity index (χ4n) is 3.66. The predicted octanol–water partition coefficient (Wildman–Crippen LogP) is 5.85. The normalized spacial score (nSPS) is 23.0. The topological polar surface area (TPSA) is 12.0 Å². The van der Waals surface area contributed by atoms with E-state index in [4.69, 9.17) is 0 Å². The number of nitrogens with one attached hydrogen (secondary N) is 1. The third kappa shape index (κ3) is 4.07. The molecule has 1 N–H and O–H groups in total. The number of halogens is 2. The summed E-state index contributed by atoms with van der Waals surface area (Å²) in [6.07, 6.45) is 6.04. The molecule has 2 rings (SSSR count). The minimum Gasteiger partial charge on any atom is -0.310 e. The second-order valence-electron chi connectivity index (χ2n) is 6.94. The molecule has 1 aromatic carbocycles. The molecule has 0 heterocycles. The molecule has 21 heavy (non-hydrogen) atoms. The van der Waals surface area contributed by atoms with Gasteiger partial charge < -0.3 is 5.32 Å². The Bertz CT molecular complexity index is 472. The molecule has 0 aromatic heterocycles. The van der Waals surface area contributed by atoms with E-state index in [2.05, 4.69) is 42.0 Å². The molecule has 0 saturated heterocycles. The number of hydrogen-bond donors (Lipinski definition) is 1. The van der Waals surface area contributed by atoms with Crippen molar-refractivity contribution < 1.29 is 4.39 Å². The van der Waals surface area contributed by atoms with Crippen LogP contribution in [-0.2, 0) is 0 Å². The van der Waals surface area contributed by atoms with Crippen molar-refractivity contribution in [2.45, 2.75) is 58.9 Å². The molecule has 2 atom stereocenters. The maximum absolute atomic E-state index is 14.4. The van der Waals surface area contributed by atoms with Gasteiger partial charge in [0.25, 0.3) is 0 Å². The number of rotatable bonds is 5. The second kappa shape index (κ2) is 7.23. The molecule has 118 valence electrons. The van der Waals surface area contributed by atoms with Gasteiger partial charge in [-0.1, -0.05) is 49.5 Å². The zero-order valence-corrected chi connectivity index (χ0v) is 15.0. The monoisotopic (exact) mass is 355 g/mol. The van der Waals surface area contributed by atoms with Crippen molar-refractivity contribution in [2.75, 3.05) is 6.54 Å². The minimum atomic E-state index is -0.0897. The van der Waals surface area contributed by atoms with Crippen molar-refractivity contribution in [1.82, 2.24) is 5.32 Å². The van der Waals surface area contributed by atoms with Crippen molar-refractivity contribution >= 4 is 15.9 Å². The molecule has 1 aliphatic rings. The first-order chi connectivity index (χ1) is 9.95. The zero-order valence-electron chi connectivity index (χ0n) is 13.4. The SMILES string of the molecule is CCCNC(c1cc(Br)ccc1F)C1CCCCC1(C)C. The Morgan fingerprint density at radius 2 is 2.14 bits per heavy atom. The molecular weight excluding hydrogens is 329 g/mol.